The number of anilines is 1. The molecule has 0 amide bonds. The van der Waals surface area contributed by atoms with Gasteiger partial charge in [-0.2, -0.15) is 5.21 Å². The van der Waals surface area contributed by atoms with Crippen LogP contribution < -0.4 is 4.90 Å². The van der Waals surface area contributed by atoms with Crippen molar-refractivity contribution >= 4 is 28.6 Å². The maximum atomic E-state index is 6.23. The Labute approximate surface area is 214 Å². The lowest BCUT2D eigenvalue weighted by atomic mass is 9.75. The van der Waals surface area contributed by atoms with Crippen LogP contribution in [0.1, 0.15) is 33.9 Å². The molecule has 7 heterocycles. The van der Waals surface area contributed by atoms with E-state index in [0.717, 1.165) is 16.1 Å². The molecule has 0 saturated carbocycles. The standard InChI is InChI=1S/C25H18N10OS/c1-2-9-26-17(7-1)25(18-8-3-14-36-18)20(16-6-4-15-37-16)19(22-31-33-34-32-22)21(23-27-10-5-11-28-23)35(25)24-29-12-13-30-24/h1-15,20H,(H,29,30)(H,31,32,33,34). The Bertz CT molecular complexity index is 1620. The number of pyridine rings is 1. The number of imidazole rings is 1. The van der Waals surface area contributed by atoms with Crippen LogP contribution >= 0.6 is 11.3 Å². The van der Waals surface area contributed by atoms with Gasteiger partial charge in [0.05, 0.1) is 23.6 Å². The third-order valence-electron chi connectivity index (χ3n) is 6.38. The number of H-pyrrole nitrogens is 2. The van der Waals surface area contributed by atoms with Crippen LogP contribution in [0.4, 0.5) is 5.95 Å². The van der Waals surface area contributed by atoms with Crippen LogP contribution in [0.15, 0.2) is 95.6 Å². The monoisotopic (exact) mass is 506 g/mol. The number of rotatable bonds is 6. The molecule has 180 valence electrons. The van der Waals surface area contributed by atoms with Crippen molar-refractivity contribution in [1.29, 1.82) is 0 Å². The van der Waals surface area contributed by atoms with Crippen LogP contribution in [0.3, 0.4) is 0 Å². The molecule has 0 spiro atoms. The molecule has 11 nitrogen and oxygen atoms in total. The minimum Gasteiger partial charge on any atom is -0.466 e. The van der Waals surface area contributed by atoms with E-state index in [2.05, 4.69) is 51.5 Å². The van der Waals surface area contributed by atoms with Gasteiger partial charge in [0.25, 0.3) is 0 Å². The molecule has 6 aromatic rings. The Morgan fingerprint density at radius 1 is 0.892 bits per heavy atom. The minimum atomic E-state index is -1.04. The van der Waals surface area contributed by atoms with Gasteiger partial charge in [-0.1, -0.05) is 12.1 Å². The van der Waals surface area contributed by atoms with E-state index in [1.54, 1.807) is 54.7 Å². The van der Waals surface area contributed by atoms with Crippen molar-refractivity contribution in [1.82, 2.24) is 45.5 Å². The summed E-state index contributed by atoms with van der Waals surface area (Å²) in [4.78, 5) is 25.3. The van der Waals surface area contributed by atoms with E-state index in [1.165, 1.54) is 0 Å². The van der Waals surface area contributed by atoms with Crippen molar-refractivity contribution in [2.75, 3.05) is 4.90 Å². The van der Waals surface area contributed by atoms with Crippen LogP contribution in [0.2, 0.25) is 0 Å². The van der Waals surface area contributed by atoms with E-state index in [4.69, 9.17) is 9.40 Å². The first-order valence-corrected chi connectivity index (χ1v) is 12.3. The zero-order chi connectivity index (χ0) is 24.7. The number of tetrazole rings is 1. The summed E-state index contributed by atoms with van der Waals surface area (Å²) in [6.45, 7) is 0. The fourth-order valence-corrected chi connectivity index (χ4v) is 6.00. The highest BCUT2D eigenvalue weighted by molar-refractivity contribution is 7.10. The van der Waals surface area contributed by atoms with E-state index in [1.807, 2.05) is 41.8 Å². The van der Waals surface area contributed by atoms with Gasteiger partial charge in [-0.15, -0.1) is 21.5 Å². The third kappa shape index (κ3) is 3.16. The topological polar surface area (TPSA) is 138 Å². The van der Waals surface area contributed by atoms with Gasteiger partial charge in [0.1, 0.15) is 5.76 Å². The SMILES string of the molecule is c1ccc(C2(c3ccco3)C(c3cccs3)C(c3nn[nH]n3)=C(c3ncccn3)N2c2ncc[nH]2)nc1. The van der Waals surface area contributed by atoms with Crippen LogP contribution in [-0.2, 0) is 5.54 Å². The van der Waals surface area contributed by atoms with Crippen molar-refractivity contribution in [2.24, 2.45) is 0 Å². The summed E-state index contributed by atoms with van der Waals surface area (Å²) in [5.74, 6) is 1.72. The van der Waals surface area contributed by atoms with Gasteiger partial charge in [-0.05, 0) is 47.0 Å². The molecular weight excluding hydrogens is 488 g/mol. The Kier molecular flexibility index (Phi) is 4.96. The molecule has 1 aliphatic rings. The van der Waals surface area contributed by atoms with Crippen LogP contribution in [0.5, 0.6) is 0 Å². The maximum Gasteiger partial charge on any atom is 0.208 e. The second-order valence-corrected chi connectivity index (χ2v) is 9.20. The van der Waals surface area contributed by atoms with Crippen LogP contribution in [0.25, 0.3) is 11.3 Å². The lowest BCUT2D eigenvalue weighted by Crippen LogP contribution is -2.47. The molecule has 0 aromatic carbocycles. The Balaban J connectivity index is 1.68. The van der Waals surface area contributed by atoms with Gasteiger partial charge in [0.15, 0.2) is 11.4 Å². The van der Waals surface area contributed by atoms with Gasteiger partial charge in [0.2, 0.25) is 11.8 Å². The molecule has 1 aliphatic heterocycles. The molecule has 0 radical (unpaired) electrons. The summed E-state index contributed by atoms with van der Waals surface area (Å²) in [5.41, 5.74) is 1.13. The number of thiophene rings is 1. The quantitative estimate of drug-likeness (QED) is 0.345. The highest BCUT2D eigenvalue weighted by Crippen LogP contribution is 2.62. The lowest BCUT2D eigenvalue weighted by molar-refractivity contribution is 0.370. The molecule has 0 saturated heterocycles. The number of aromatic nitrogens is 9. The van der Waals surface area contributed by atoms with Gasteiger partial charge in [-0.3, -0.25) is 9.88 Å². The van der Waals surface area contributed by atoms with Crippen molar-refractivity contribution in [3.63, 3.8) is 0 Å². The predicted octanol–water partition coefficient (Wildman–Crippen LogP) is 3.88. The third-order valence-corrected chi connectivity index (χ3v) is 7.31. The highest BCUT2D eigenvalue weighted by Gasteiger charge is 2.62. The number of nitrogens with one attached hydrogen (secondary N) is 2. The van der Waals surface area contributed by atoms with Gasteiger partial charge in [-0.25, -0.2) is 15.0 Å². The Morgan fingerprint density at radius 2 is 1.81 bits per heavy atom. The first-order chi connectivity index (χ1) is 18.4. The summed E-state index contributed by atoms with van der Waals surface area (Å²) in [5, 5.41) is 17.4. The summed E-state index contributed by atoms with van der Waals surface area (Å²) in [7, 11) is 0. The smallest absolute Gasteiger partial charge is 0.208 e. The van der Waals surface area contributed by atoms with Gasteiger partial charge < -0.3 is 9.40 Å². The second kappa shape index (κ2) is 8.60. The molecule has 0 aliphatic carbocycles. The molecule has 6 aromatic heterocycles. The largest absolute Gasteiger partial charge is 0.466 e. The first kappa shape index (κ1) is 21.3. The average Bonchev–Trinajstić information content (AvgIpc) is 3.78. The number of nitrogens with zero attached hydrogens (tertiary/aromatic N) is 8. The number of furan rings is 1. The Hall–Kier alpha value is -4.97. The van der Waals surface area contributed by atoms with Crippen LogP contribution in [0, 0.1) is 0 Å². The fourth-order valence-electron chi connectivity index (χ4n) is 5.10. The average molecular weight is 507 g/mol. The van der Waals surface area contributed by atoms with E-state index in [0.29, 0.717) is 29.1 Å². The van der Waals surface area contributed by atoms with Gasteiger partial charge in [0, 0.05) is 41.4 Å². The van der Waals surface area contributed by atoms with E-state index in [9.17, 15) is 0 Å². The summed E-state index contributed by atoms with van der Waals surface area (Å²) in [6, 6.07) is 15.6. The molecule has 12 heteroatoms. The molecule has 7 rings (SSSR count). The molecule has 0 fully saturated rings. The number of hydrogen-bond donors (Lipinski definition) is 2. The van der Waals surface area contributed by atoms with Crippen molar-refractivity contribution < 1.29 is 4.42 Å². The number of aromatic amines is 2. The maximum absolute atomic E-state index is 6.23. The van der Waals surface area contributed by atoms with E-state index in [-0.39, 0.29) is 0 Å². The fraction of sp³-hybridized carbons (Fsp3) is 0.0800. The van der Waals surface area contributed by atoms with Crippen molar-refractivity contribution in [3.05, 3.63) is 119 Å². The molecule has 2 N–H and O–H groups in total. The molecule has 2 atom stereocenters. The zero-order valence-electron chi connectivity index (χ0n) is 19.1. The molecular formula is C25H18N10OS. The predicted molar refractivity (Wildman–Crippen MR) is 135 cm³/mol. The first-order valence-electron chi connectivity index (χ1n) is 11.4. The number of hydrogen-bond acceptors (Lipinski definition) is 10. The molecule has 0 bridgehead atoms. The van der Waals surface area contributed by atoms with Crippen molar-refractivity contribution in [3.8, 4) is 0 Å². The molecule has 2 unspecified atom stereocenters. The van der Waals surface area contributed by atoms with Gasteiger partial charge >= 0.3 is 0 Å². The van der Waals surface area contributed by atoms with Crippen LogP contribution in [-0.4, -0.2) is 45.5 Å². The normalized spacial score (nSPS) is 19.6. The van der Waals surface area contributed by atoms with E-state index < -0.39 is 11.5 Å². The summed E-state index contributed by atoms with van der Waals surface area (Å²) < 4.78 is 6.23. The highest BCUT2D eigenvalue weighted by atomic mass is 32.1. The van der Waals surface area contributed by atoms with E-state index >= 15 is 0 Å². The zero-order valence-corrected chi connectivity index (χ0v) is 19.9. The minimum absolute atomic E-state index is 0.393. The summed E-state index contributed by atoms with van der Waals surface area (Å²) in [6.07, 6.45) is 10.3. The lowest BCUT2D eigenvalue weighted by Gasteiger charge is -2.41. The molecule has 37 heavy (non-hydrogen) atoms. The summed E-state index contributed by atoms with van der Waals surface area (Å²) >= 11 is 1.62. The second-order valence-electron chi connectivity index (χ2n) is 8.23. The Morgan fingerprint density at radius 3 is 2.49 bits per heavy atom. The van der Waals surface area contributed by atoms with Crippen molar-refractivity contribution in [2.45, 2.75) is 11.5 Å².